The predicted octanol–water partition coefficient (Wildman–Crippen LogP) is 5.34. The van der Waals surface area contributed by atoms with Crippen molar-refractivity contribution in [3.8, 4) is 5.75 Å². The van der Waals surface area contributed by atoms with Gasteiger partial charge in [0.15, 0.2) is 0 Å². The van der Waals surface area contributed by atoms with Crippen LogP contribution < -0.4 is 27.4 Å². The van der Waals surface area contributed by atoms with Gasteiger partial charge in [-0.2, -0.15) is 0 Å². The number of nitrogens with one attached hydrogen (secondary N) is 1. The van der Waals surface area contributed by atoms with E-state index in [2.05, 4.69) is 31.9 Å². The van der Waals surface area contributed by atoms with Crippen molar-refractivity contribution in [2.45, 2.75) is 62.6 Å². The molecule has 0 spiro atoms. The Hall–Kier alpha value is -6.02. The quantitative estimate of drug-likeness (QED) is 0.140. The maximum absolute atomic E-state index is 16.3. The van der Waals surface area contributed by atoms with Gasteiger partial charge < -0.3 is 41.6 Å². The van der Waals surface area contributed by atoms with Gasteiger partial charge in [-0.05, 0) is 85.9 Å². The number of imide groups is 1. The van der Waals surface area contributed by atoms with Crippen molar-refractivity contribution >= 4 is 40.1 Å². The molecule has 8 N–H and O–H groups in total. The fraction of sp³-hybridized carbons (Fsp3) is 0.400. The highest BCUT2D eigenvalue weighted by molar-refractivity contribution is 6.06. The number of aromatic hydroxyl groups is 1. The number of para-hydroxylation sites is 1. The maximum Gasteiger partial charge on any atom is 0.328 e. The molecule has 8 rings (SSSR count). The van der Waals surface area contributed by atoms with Crippen LogP contribution in [-0.4, -0.2) is 100 Å². The number of halogens is 1. The summed E-state index contributed by atoms with van der Waals surface area (Å²) < 4.78 is 18.6. The minimum absolute atomic E-state index is 0.0732. The van der Waals surface area contributed by atoms with Crippen LogP contribution in [0.4, 0.5) is 14.9 Å². The Morgan fingerprint density at radius 1 is 0.881 bits per heavy atom. The van der Waals surface area contributed by atoms with Crippen molar-refractivity contribution in [1.29, 1.82) is 0 Å². The molecule has 1 unspecified atom stereocenters. The third kappa shape index (κ3) is 8.59. The van der Waals surface area contributed by atoms with Gasteiger partial charge in [0, 0.05) is 123 Å². The Labute approximate surface area is 343 Å². The van der Waals surface area contributed by atoms with Gasteiger partial charge in [0.1, 0.15) is 17.2 Å². The molecule has 3 aromatic carbocycles. The fourth-order valence-corrected chi connectivity index (χ4v) is 9.32. The summed E-state index contributed by atoms with van der Waals surface area (Å²) in [6, 6.07) is 22.6. The summed E-state index contributed by atoms with van der Waals surface area (Å²) in [6.07, 6.45) is 8.42. The first kappa shape index (κ1) is 39.8. The summed E-state index contributed by atoms with van der Waals surface area (Å²) in [4.78, 5) is 45.3. The first-order chi connectivity index (χ1) is 28.4. The number of aromatic nitrogens is 1. The van der Waals surface area contributed by atoms with Gasteiger partial charge in [-0.3, -0.25) is 19.8 Å². The highest BCUT2D eigenvalue weighted by Crippen LogP contribution is 2.35. The van der Waals surface area contributed by atoms with Crippen LogP contribution >= 0.6 is 0 Å². The number of hydrogen-bond acceptors (Lipinski definition) is 9. The number of nitrogens with zero attached hydrogens (tertiary/aromatic N) is 5. The molecule has 4 aromatic rings. The molecule has 4 fully saturated rings. The number of amides is 4. The molecule has 4 aliphatic rings. The third-order valence-electron chi connectivity index (χ3n) is 12.7. The maximum atomic E-state index is 16.3. The van der Waals surface area contributed by atoms with E-state index in [9.17, 15) is 19.5 Å². The van der Waals surface area contributed by atoms with Crippen molar-refractivity contribution in [1.82, 2.24) is 24.6 Å². The third-order valence-corrected chi connectivity index (χ3v) is 12.7. The lowest BCUT2D eigenvalue weighted by Gasteiger charge is -2.41. The molecule has 13 nitrogen and oxygen atoms in total. The summed E-state index contributed by atoms with van der Waals surface area (Å²) >= 11 is 0. The van der Waals surface area contributed by atoms with Crippen LogP contribution in [0.15, 0.2) is 96.6 Å². The van der Waals surface area contributed by atoms with Crippen LogP contribution in [0.5, 0.6) is 5.75 Å². The fourth-order valence-electron chi connectivity index (χ4n) is 9.32. The number of carbonyl (C=O) groups is 3. The first-order valence-electron chi connectivity index (χ1n) is 20.7. The monoisotopic (exact) mass is 803 g/mol. The summed E-state index contributed by atoms with van der Waals surface area (Å²) in [7, 11) is 0. The molecule has 0 radical (unpaired) electrons. The molecule has 0 aliphatic carbocycles. The second-order valence-electron chi connectivity index (χ2n) is 16.5. The van der Waals surface area contributed by atoms with Crippen molar-refractivity contribution in [3.63, 3.8) is 0 Å². The molecule has 310 valence electrons. The summed E-state index contributed by atoms with van der Waals surface area (Å²) in [6.45, 7) is 4.51. The largest absolute Gasteiger partial charge is 0.507 e. The van der Waals surface area contributed by atoms with Gasteiger partial charge in [0.05, 0.1) is 5.70 Å². The lowest BCUT2D eigenvalue weighted by atomic mass is 9.89. The summed E-state index contributed by atoms with van der Waals surface area (Å²) in [5.74, 6) is 0.0988. The van der Waals surface area contributed by atoms with E-state index in [1.807, 2.05) is 42.5 Å². The molecule has 0 bridgehead atoms. The number of piperidine rings is 3. The molecule has 0 saturated carbocycles. The summed E-state index contributed by atoms with van der Waals surface area (Å²) in [5, 5.41) is 13.7. The normalized spacial score (nSPS) is 20.8. The molecule has 5 heterocycles. The van der Waals surface area contributed by atoms with E-state index in [0.29, 0.717) is 74.1 Å². The molecular weight excluding hydrogens is 750 g/mol. The number of phenolic OH excluding ortho intramolecular Hbond substituents is 1. The first-order valence-corrected chi connectivity index (χ1v) is 20.7. The molecule has 1 aromatic heterocycles. The molecule has 59 heavy (non-hydrogen) atoms. The molecule has 4 amide bonds. The van der Waals surface area contributed by atoms with Crippen molar-refractivity contribution < 1.29 is 23.9 Å². The average Bonchev–Trinajstić information content (AvgIpc) is 3.66. The Kier molecular flexibility index (Phi) is 11.3. The number of phenols is 1. The number of likely N-dealkylation sites (tertiary alicyclic amines) is 3. The summed E-state index contributed by atoms with van der Waals surface area (Å²) in [5.41, 5.74) is 22.4. The second-order valence-corrected chi connectivity index (χ2v) is 16.5. The standard InChI is InChI=1S/C45H54FN9O4/c46-45(29-51-20-14-34(15-21-51)54-22-13-32-26-35(11-12-38(32)54)55-23-16-41(57)50-44(55)59)17-24-52(25-18-45)43(58)31-9-7-30(8-10-31)33-4-3-19-53(28-33)39(42(48)49)27-37(47)36-5-1-2-6-40(36)56/h1-2,5-13,22,26-27,33-34,56H,3-4,14-21,23-25,28-29,47-49H2,(H,50,57,59)/b37-27-. The van der Waals surface area contributed by atoms with Gasteiger partial charge in [-0.1, -0.05) is 24.3 Å². The van der Waals surface area contributed by atoms with E-state index in [4.69, 9.17) is 17.2 Å². The van der Waals surface area contributed by atoms with Crippen molar-refractivity contribution in [2.75, 3.05) is 57.3 Å². The van der Waals surface area contributed by atoms with Gasteiger partial charge in [0.2, 0.25) is 5.91 Å². The van der Waals surface area contributed by atoms with E-state index < -0.39 is 11.7 Å². The minimum atomic E-state index is -1.34. The van der Waals surface area contributed by atoms with Gasteiger partial charge in [0.25, 0.3) is 5.91 Å². The highest BCUT2D eigenvalue weighted by Gasteiger charge is 2.39. The number of anilines is 1. The number of rotatable bonds is 9. The number of hydrogen-bond donors (Lipinski definition) is 5. The highest BCUT2D eigenvalue weighted by atomic mass is 19.1. The van der Waals surface area contributed by atoms with Crippen LogP contribution in [0.3, 0.4) is 0 Å². The zero-order chi connectivity index (χ0) is 41.3. The Morgan fingerprint density at radius 2 is 1.63 bits per heavy atom. The Balaban J connectivity index is 0.818. The van der Waals surface area contributed by atoms with Gasteiger partial charge in [-0.25, -0.2) is 9.18 Å². The zero-order valence-corrected chi connectivity index (χ0v) is 33.4. The van der Waals surface area contributed by atoms with Crippen LogP contribution in [0.25, 0.3) is 16.6 Å². The predicted molar refractivity (Wildman–Crippen MR) is 227 cm³/mol. The Bertz CT molecular complexity index is 2270. The smallest absolute Gasteiger partial charge is 0.328 e. The van der Waals surface area contributed by atoms with Crippen LogP contribution in [0, 0.1) is 0 Å². The van der Waals surface area contributed by atoms with Crippen LogP contribution in [-0.2, 0) is 4.79 Å². The van der Waals surface area contributed by atoms with E-state index in [-0.39, 0.29) is 35.7 Å². The Morgan fingerprint density at radius 3 is 2.34 bits per heavy atom. The van der Waals surface area contributed by atoms with Gasteiger partial charge in [-0.15, -0.1) is 0 Å². The molecule has 14 heteroatoms. The SMILES string of the molecule is NC(N)=C(/C=C(\N)c1ccccc1O)N1CCCC(c2ccc(C(=O)N3CCC(F)(CN4CCC(n5ccc6cc(N7CCC(=O)NC7=O)ccc65)CC4)CC3)cc2)C1. The number of urea groups is 1. The van der Waals surface area contributed by atoms with E-state index in [1.54, 1.807) is 40.1 Å². The number of fused-ring (bicyclic) bond motifs is 1. The van der Waals surface area contributed by atoms with Gasteiger partial charge >= 0.3 is 6.03 Å². The average molecular weight is 804 g/mol. The molecule has 4 saturated heterocycles. The second kappa shape index (κ2) is 16.7. The molecule has 1 atom stereocenters. The minimum Gasteiger partial charge on any atom is -0.507 e. The molecular formula is C45H54FN9O4. The van der Waals surface area contributed by atoms with Crippen molar-refractivity contribution in [3.05, 3.63) is 113 Å². The van der Waals surface area contributed by atoms with E-state index in [0.717, 1.165) is 67.5 Å². The zero-order valence-electron chi connectivity index (χ0n) is 33.4. The topological polar surface area (TPSA) is 179 Å². The number of allylic oxidation sites excluding steroid dienone is 1. The van der Waals surface area contributed by atoms with Crippen LogP contribution in [0.1, 0.15) is 78.4 Å². The number of nitrogens with two attached hydrogens (primary N) is 3. The number of alkyl halides is 1. The van der Waals surface area contributed by atoms with Crippen molar-refractivity contribution in [2.24, 2.45) is 17.2 Å². The van der Waals surface area contributed by atoms with E-state index in [1.165, 1.54) is 0 Å². The van der Waals surface area contributed by atoms with E-state index >= 15 is 4.39 Å². The lowest BCUT2D eigenvalue weighted by Crippen LogP contribution is -2.51. The number of benzene rings is 3. The number of carbonyl (C=O) groups excluding carboxylic acids is 3. The molecule has 4 aliphatic heterocycles. The lowest BCUT2D eigenvalue weighted by molar-refractivity contribution is -0.120. The van der Waals surface area contributed by atoms with Crippen LogP contribution in [0.2, 0.25) is 0 Å².